The maximum atomic E-state index is 14.4. The molecule has 2 saturated carbocycles. The molecule has 2 aliphatic carbocycles. The van der Waals surface area contributed by atoms with Gasteiger partial charge in [0.2, 0.25) is 0 Å². The molecule has 1 aromatic carbocycles. The minimum atomic E-state index is -0.405. The Morgan fingerprint density at radius 1 is 1.28 bits per heavy atom. The van der Waals surface area contributed by atoms with E-state index in [1.807, 2.05) is 12.1 Å². The number of rotatable bonds is 5. The lowest BCUT2D eigenvalue weighted by molar-refractivity contribution is 0.0926. The number of benzene rings is 1. The molecule has 1 atom stereocenters. The zero-order chi connectivity index (χ0) is 17.6. The van der Waals surface area contributed by atoms with Crippen molar-refractivity contribution in [1.82, 2.24) is 15.3 Å². The third-order valence-electron chi connectivity index (χ3n) is 4.87. The molecular weight excluding hydrogens is 321 g/mol. The van der Waals surface area contributed by atoms with Crippen molar-refractivity contribution < 1.29 is 9.18 Å². The van der Waals surface area contributed by atoms with E-state index >= 15 is 0 Å². The van der Waals surface area contributed by atoms with Crippen molar-refractivity contribution >= 4 is 5.91 Å². The highest BCUT2D eigenvalue weighted by molar-refractivity contribution is 5.92. The highest BCUT2D eigenvalue weighted by Crippen LogP contribution is 2.44. The fourth-order valence-corrected chi connectivity index (χ4v) is 3.28. The van der Waals surface area contributed by atoms with Crippen LogP contribution in [0.3, 0.4) is 0 Å². The van der Waals surface area contributed by atoms with Gasteiger partial charge in [-0.15, -0.1) is 0 Å². The molecule has 2 fully saturated rings. The average molecular weight is 341 g/mol. The zero-order valence-corrected chi connectivity index (χ0v) is 14.0. The molecule has 130 valence electrons. The summed E-state index contributed by atoms with van der Waals surface area (Å²) < 4.78 is 14.4. The standard InChI is InChI=1S/C19H20FN3O2/c1-10-21-16(9-17(24)22-10)19(25)23-18(12-4-5-12)13-6-7-14(11-2-3-11)15(20)8-13/h6-9,11-12,18H,2-5H2,1H3,(H,23,25)(H,21,22,24)/t18-/m1/s1. The van der Waals surface area contributed by atoms with Crippen molar-refractivity contribution in [2.75, 3.05) is 0 Å². The third-order valence-corrected chi connectivity index (χ3v) is 4.87. The van der Waals surface area contributed by atoms with Crippen molar-refractivity contribution in [3.63, 3.8) is 0 Å². The van der Waals surface area contributed by atoms with E-state index in [1.165, 1.54) is 6.07 Å². The molecule has 2 aromatic rings. The number of carbonyl (C=O) groups is 1. The molecule has 25 heavy (non-hydrogen) atoms. The number of halogens is 1. The summed E-state index contributed by atoms with van der Waals surface area (Å²) in [5, 5.41) is 2.94. The van der Waals surface area contributed by atoms with Crippen LogP contribution in [0.25, 0.3) is 0 Å². The van der Waals surface area contributed by atoms with Crippen LogP contribution in [-0.4, -0.2) is 15.9 Å². The van der Waals surface area contributed by atoms with Crippen molar-refractivity contribution in [2.45, 2.75) is 44.6 Å². The summed E-state index contributed by atoms with van der Waals surface area (Å²) in [6.07, 6.45) is 4.09. The number of amides is 1. The van der Waals surface area contributed by atoms with Crippen LogP contribution in [0.5, 0.6) is 0 Å². The Kier molecular flexibility index (Phi) is 3.90. The van der Waals surface area contributed by atoms with Gasteiger partial charge < -0.3 is 10.3 Å². The largest absolute Gasteiger partial charge is 0.344 e. The summed E-state index contributed by atoms with van der Waals surface area (Å²) in [7, 11) is 0. The summed E-state index contributed by atoms with van der Waals surface area (Å²) in [4.78, 5) is 30.7. The minimum absolute atomic E-state index is 0.0852. The van der Waals surface area contributed by atoms with Crippen LogP contribution in [0.15, 0.2) is 29.1 Å². The predicted octanol–water partition coefficient (Wildman–Crippen LogP) is 2.98. The van der Waals surface area contributed by atoms with Crippen molar-refractivity contribution in [1.29, 1.82) is 0 Å². The van der Waals surface area contributed by atoms with Crippen LogP contribution >= 0.6 is 0 Å². The molecule has 0 bridgehead atoms. The van der Waals surface area contributed by atoms with E-state index in [2.05, 4.69) is 15.3 Å². The van der Waals surface area contributed by atoms with Gasteiger partial charge in [0, 0.05) is 6.07 Å². The molecule has 0 saturated heterocycles. The Morgan fingerprint density at radius 3 is 2.64 bits per heavy atom. The summed E-state index contributed by atoms with van der Waals surface area (Å²) in [6.45, 7) is 1.63. The van der Waals surface area contributed by atoms with Crippen LogP contribution in [0.4, 0.5) is 4.39 Å². The average Bonchev–Trinajstić information content (AvgIpc) is 3.45. The number of aromatic amines is 1. The van der Waals surface area contributed by atoms with E-state index in [0.29, 0.717) is 17.7 Å². The lowest BCUT2D eigenvalue weighted by atomic mass is 9.99. The molecule has 0 aliphatic heterocycles. The first kappa shape index (κ1) is 16.0. The normalized spacial score (nSPS) is 18.0. The Morgan fingerprint density at radius 2 is 2.04 bits per heavy atom. The maximum absolute atomic E-state index is 14.4. The highest BCUT2D eigenvalue weighted by atomic mass is 19.1. The quantitative estimate of drug-likeness (QED) is 0.878. The maximum Gasteiger partial charge on any atom is 0.270 e. The highest BCUT2D eigenvalue weighted by Gasteiger charge is 2.35. The van der Waals surface area contributed by atoms with E-state index in [4.69, 9.17) is 0 Å². The first-order valence-electron chi connectivity index (χ1n) is 8.69. The molecule has 4 rings (SSSR count). The smallest absolute Gasteiger partial charge is 0.270 e. The summed E-state index contributed by atoms with van der Waals surface area (Å²) in [5.74, 6) is 0.452. The van der Waals surface area contributed by atoms with Crippen LogP contribution in [0.1, 0.15) is 65.1 Å². The number of nitrogens with zero attached hydrogens (tertiary/aromatic N) is 1. The molecule has 1 heterocycles. The van der Waals surface area contributed by atoms with Gasteiger partial charge in [0.1, 0.15) is 17.3 Å². The van der Waals surface area contributed by atoms with E-state index in [-0.39, 0.29) is 23.1 Å². The monoisotopic (exact) mass is 341 g/mol. The fraction of sp³-hybridized carbons (Fsp3) is 0.421. The Balaban J connectivity index is 1.58. The first-order chi connectivity index (χ1) is 12.0. The molecule has 2 aliphatic rings. The van der Waals surface area contributed by atoms with E-state index in [1.54, 1.807) is 13.0 Å². The number of hydrogen-bond acceptors (Lipinski definition) is 3. The fourth-order valence-electron chi connectivity index (χ4n) is 3.28. The third kappa shape index (κ3) is 3.48. The second-order valence-electron chi connectivity index (χ2n) is 7.06. The van der Waals surface area contributed by atoms with Crippen LogP contribution in [0.2, 0.25) is 0 Å². The number of carbonyl (C=O) groups excluding carboxylic acids is 1. The van der Waals surface area contributed by atoms with Crippen molar-refractivity contribution in [3.8, 4) is 0 Å². The van der Waals surface area contributed by atoms with Gasteiger partial charge in [-0.2, -0.15) is 0 Å². The number of aryl methyl sites for hydroxylation is 1. The second-order valence-corrected chi connectivity index (χ2v) is 7.06. The summed E-state index contributed by atoms with van der Waals surface area (Å²) in [5.41, 5.74) is 1.28. The number of hydrogen-bond donors (Lipinski definition) is 2. The molecule has 1 aromatic heterocycles. The van der Waals surface area contributed by atoms with Crippen molar-refractivity contribution in [3.05, 3.63) is 63.1 Å². The number of nitrogens with one attached hydrogen (secondary N) is 2. The number of aromatic nitrogens is 2. The Labute approximate surface area is 144 Å². The van der Waals surface area contributed by atoms with Crippen LogP contribution < -0.4 is 10.9 Å². The summed E-state index contributed by atoms with van der Waals surface area (Å²) in [6, 6.07) is 6.24. The zero-order valence-electron chi connectivity index (χ0n) is 14.0. The SMILES string of the molecule is Cc1nc(C(=O)N[C@@H](c2ccc(C3CC3)c(F)c2)C2CC2)cc(=O)[nH]1. The molecule has 0 radical (unpaired) electrons. The summed E-state index contributed by atoms with van der Waals surface area (Å²) >= 11 is 0. The van der Waals surface area contributed by atoms with Gasteiger partial charge in [-0.1, -0.05) is 12.1 Å². The second kappa shape index (κ2) is 6.10. The van der Waals surface area contributed by atoms with E-state index < -0.39 is 5.91 Å². The van der Waals surface area contributed by atoms with Gasteiger partial charge in [-0.25, -0.2) is 9.37 Å². The van der Waals surface area contributed by atoms with Gasteiger partial charge in [-0.05, 0) is 61.6 Å². The Bertz CT molecular complexity index is 884. The van der Waals surface area contributed by atoms with Gasteiger partial charge in [0.05, 0.1) is 6.04 Å². The van der Waals surface area contributed by atoms with Gasteiger partial charge >= 0.3 is 0 Å². The molecule has 0 spiro atoms. The predicted molar refractivity (Wildman–Crippen MR) is 90.9 cm³/mol. The molecular formula is C19H20FN3O2. The van der Waals surface area contributed by atoms with E-state index in [9.17, 15) is 14.0 Å². The first-order valence-corrected chi connectivity index (χ1v) is 8.69. The minimum Gasteiger partial charge on any atom is -0.344 e. The number of H-pyrrole nitrogens is 1. The molecule has 1 amide bonds. The Hall–Kier alpha value is -2.50. The molecule has 0 unspecified atom stereocenters. The van der Waals surface area contributed by atoms with Crippen LogP contribution in [-0.2, 0) is 0 Å². The van der Waals surface area contributed by atoms with Gasteiger partial charge in [-0.3, -0.25) is 9.59 Å². The lowest BCUT2D eigenvalue weighted by Crippen LogP contribution is -2.31. The van der Waals surface area contributed by atoms with E-state index in [0.717, 1.165) is 36.8 Å². The van der Waals surface area contributed by atoms with Gasteiger partial charge in [0.15, 0.2) is 0 Å². The van der Waals surface area contributed by atoms with Crippen molar-refractivity contribution in [2.24, 2.45) is 5.92 Å². The molecule has 2 N–H and O–H groups in total. The lowest BCUT2D eigenvalue weighted by Gasteiger charge is -2.19. The van der Waals surface area contributed by atoms with Gasteiger partial charge in [0.25, 0.3) is 11.5 Å². The molecule has 5 nitrogen and oxygen atoms in total. The van der Waals surface area contributed by atoms with Crippen LogP contribution in [0, 0.1) is 18.7 Å². The topological polar surface area (TPSA) is 74.8 Å². The molecule has 6 heteroatoms.